The van der Waals surface area contributed by atoms with Crippen LogP contribution in [0.5, 0.6) is 5.75 Å². The van der Waals surface area contributed by atoms with Crippen LogP contribution in [-0.2, 0) is 10.0 Å². The molecule has 0 aliphatic heterocycles. The summed E-state index contributed by atoms with van der Waals surface area (Å²) < 4.78 is 31.8. The summed E-state index contributed by atoms with van der Waals surface area (Å²) in [6.07, 6.45) is 0.582. The second-order valence-corrected chi connectivity index (χ2v) is 6.69. The molecule has 0 unspecified atom stereocenters. The Morgan fingerprint density at radius 3 is 2.70 bits per heavy atom. The molecule has 0 atom stereocenters. The van der Waals surface area contributed by atoms with Gasteiger partial charge in [0.1, 0.15) is 5.75 Å². The minimum atomic E-state index is -3.31. The lowest BCUT2D eigenvalue weighted by atomic mass is 10.3. The fourth-order valence-electron chi connectivity index (χ4n) is 1.70. The second kappa shape index (κ2) is 8.11. The molecule has 20 heavy (non-hydrogen) atoms. The van der Waals surface area contributed by atoms with E-state index in [1.807, 2.05) is 20.8 Å². The van der Waals surface area contributed by atoms with Crippen molar-refractivity contribution in [1.29, 1.82) is 0 Å². The minimum absolute atomic E-state index is 0.103. The number of anilines is 1. The molecule has 5 nitrogen and oxygen atoms in total. The molecular weight excluding hydrogens is 276 g/mol. The van der Waals surface area contributed by atoms with Gasteiger partial charge in [-0.05, 0) is 32.0 Å². The Morgan fingerprint density at radius 1 is 1.30 bits per heavy atom. The van der Waals surface area contributed by atoms with Crippen molar-refractivity contribution in [3.05, 3.63) is 24.3 Å². The first-order valence-corrected chi connectivity index (χ1v) is 8.55. The third-order valence-electron chi connectivity index (χ3n) is 2.56. The summed E-state index contributed by atoms with van der Waals surface area (Å²) in [5.41, 5.74) is 0.535. The molecule has 0 fully saturated rings. The molecule has 2 N–H and O–H groups in total. The standard InChI is InChI=1S/C14H24N2O3S/c1-4-19-14-8-5-7-13(11-14)16-20(17,18)10-6-9-15-12(2)3/h5,7-8,11-12,15-16H,4,6,9-10H2,1-3H3. The average Bonchev–Trinajstić information content (AvgIpc) is 2.35. The summed E-state index contributed by atoms with van der Waals surface area (Å²) in [7, 11) is -3.31. The molecule has 0 heterocycles. The highest BCUT2D eigenvalue weighted by Crippen LogP contribution is 2.18. The van der Waals surface area contributed by atoms with E-state index in [2.05, 4.69) is 10.0 Å². The molecule has 1 rings (SSSR count). The average molecular weight is 300 g/mol. The molecule has 0 bridgehead atoms. The third kappa shape index (κ3) is 6.77. The number of sulfonamides is 1. The topological polar surface area (TPSA) is 67.4 Å². The molecule has 0 saturated heterocycles. The van der Waals surface area contributed by atoms with Gasteiger partial charge in [0, 0.05) is 12.1 Å². The van der Waals surface area contributed by atoms with E-state index in [-0.39, 0.29) is 5.75 Å². The molecule has 0 amide bonds. The molecule has 0 aromatic heterocycles. The zero-order chi connectivity index (χ0) is 15.0. The predicted octanol–water partition coefficient (Wildman–Crippen LogP) is 2.22. The maximum atomic E-state index is 11.9. The molecule has 0 radical (unpaired) electrons. The highest BCUT2D eigenvalue weighted by molar-refractivity contribution is 7.92. The quantitative estimate of drug-likeness (QED) is 0.686. The Kier molecular flexibility index (Phi) is 6.81. The van der Waals surface area contributed by atoms with Gasteiger partial charge in [-0.15, -0.1) is 0 Å². The van der Waals surface area contributed by atoms with Crippen molar-refractivity contribution in [2.75, 3.05) is 23.6 Å². The Bertz CT molecular complexity index is 501. The number of nitrogens with one attached hydrogen (secondary N) is 2. The van der Waals surface area contributed by atoms with E-state index in [0.29, 0.717) is 37.1 Å². The fourth-order valence-corrected chi connectivity index (χ4v) is 2.81. The number of rotatable bonds is 9. The molecule has 0 saturated carbocycles. The van der Waals surface area contributed by atoms with E-state index in [9.17, 15) is 8.42 Å². The van der Waals surface area contributed by atoms with Gasteiger partial charge in [0.25, 0.3) is 0 Å². The van der Waals surface area contributed by atoms with Crippen molar-refractivity contribution >= 4 is 15.7 Å². The minimum Gasteiger partial charge on any atom is -0.494 e. The van der Waals surface area contributed by atoms with Gasteiger partial charge in [-0.1, -0.05) is 19.9 Å². The largest absolute Gasteiger partial charge is 0.494 e. The van der Waals surface area contributed by atoms with E-state index in [4.69, 9.17) is 4.74 Å². The molecule has 6 heteroatoms. The lowest BCUT2D eigenvalue weighted by Gasteiger charge is -2.11. The van der Waals surface area contributed by atoms with E-state index < -0.39 is 10.0 Å². The highest BCUT2D eigenvalue weighted by Gasteiger charge is 2.10. The third-order valence-corrected chi connectivity index (χ3v) is 3.93. The number of ether oxygens (including phenoxy) is 1. The molecule has 1 aromatic carbocycles. The van der Waals surface area contributed by atoms with E-state index in [1.54, 1.807) is 24.3 Å². The zero-order valence-corrected chi connectivity index (χ0v) is 13.2. The van der Waals surface area contributed by atoms with Gasteiger partial charge < -0.3 is 10.1 Å². The smallest absolute Gasteiger partial charge is 0.232 e. The monoisotopic (exact) mass is 300 g/mol. The van der Waals surface area contributed by atoms with Crippen LogP contribution in [0.4, 0.5) is 5.69 Å². The Morgan fingerprint density at radius 2 is 2.05 bits per heavy atom. The normalized spacial score (nSPS) is 11.6. The van der Waals surface area contributed by atoms with Crippen molar-refractivity contribution in [3.8, 4) is 5.75 Å². The zero-order valence-electron chi connectivity index (χ0n) is 12.3. The van der Waals surface area contributed by atoms with Crippen LogP contribution in [0.15, 0.2) is 24.3 Å². The summed E-state index contributed by atoms with van der Waals surface area (Å²) in [5.74, 6) is 0.764. The predicted molar refractivity (Wildman–Crippen MR) is 82.8 cm³/mol. The molecule has 1 aromatic rings. The Labute approximate surface area is 121 Å². The first kappa shape index (κ1) is 16.8. The van der Waals surface area contributed by atoms with Crippen LogP contribution in [0.1, 0.15) is 27.2 Å². The summed E-state index contributed by atoms with van der Waals surface area (Å²) in [6, 6.07) is 7.34. The van der Waals surface area contributed by atoms with Gasteiger partial charge in [0.2, 0.25) is 10.0 Å². The Balaban J connectivity index is 2.51. The van der Waals surface area contributed by atoms with Gasteiger partial charge in [-0.25, -0.2) is 8.42 Å². The number of benzene rings is 1. The lowest BCUT2D eigenvalue weighted by Crippen LogP contribution is -2.26. The summed E-state index contributed by atoms with van der Waals surface area (Å²) >= 11 is 0. The van der Waals surface area contributed by atoms with E-state index >= 15 is 0 Å². The van der Waals surface area contributed by atoms with Gasteiger partial charge >= 0.3 is 0 Å². The summed E-state index contributed by atoms with van der Waals surface area (Å²) in [4.78, 5) is 0. The summed E-state index contributed by atoms with van der Waals surface area (Å²) in [5, 5.41) is 3.20. The SMILES string of the molecule is CCOc1cccc(NS(=O)(=O)CCCNC(C)C)c1. The maximum Gasteiger partial charge on any atom is 0.232 e. The van der Waals surface area contributed by atoms with Gasteiger partial charge in [0.15, 0.2) is 0 Å². The van der Waals surface area contributed by atoms with Crippen LogP contribution in [0, 0.1) is 0 Å². The van der Waals surface area contributed by atoms with Crippen LogP contribution in [0.2, 0.25) is 0 Å². The van der Waals surface area contributed by atoms with Crippen molar-refractivity contribution in [1.82, 2.24) is 5.32 Å². The Hall–Kier alpha value is -1.27. The molecule has 0 aliphatic carbocycles. The van der Waals surface area contributed by atoms with Crippen molar-refractivity contribution in [3.63, 3.8) is 0 Å². The molecule has 114 valence electrons. The highest BCUT2D eigenvalue weighted by atomic mass is 32.2. The van der Waals surface area contributed by atoms with Gasteiger partial charge in [-0.2, -0.15) is 0 Å². The fraction of sp³-hybridized carbons (Fsp3) is 0.571. The molecular formula is C14H24N2O3S. The first-order chi connectivity index (χ1) is 9.43. The van der Waals surface area contributed by atoms with Crippen LogP contribution < -0.4 is 14.8 Å². The van der Waals surface area contributed by atoms with E-state index in [0.717, 1.165) is 0 Å². The van der Waals surface area contributed by atoms with Gasteiger partial charge in [-0.3, -0.25) is 4.72 Å². The second-order valence-electron chi connectivity index (χ2n) is 4.84. The van der Waals surface area contributed by atoms with Gasteiger partial charge in [0.05, 0.1) is 18.0 Å². The lowest BCUT2D eigenvalue weighted by molar-refractivity contribution is 0.340. The van der Waals surface area contributed by atoms with Crippen LogP contribution in [-0.4, -0.2) is 33.4 Å². The summed E-state index contributed by atoms with van der Waals surface area (Å²) in [6.45, 7) is 7.20. The first-order valence-electron chi connectivity index (χ1n) is 6.89. The number of hydrogen-bond donors (Lipinski definition) is 2. The van der Waals surface area contributed by atoms with Crippen LogP contribution >= 0.6 is 0 Å². The maximum absolute atomic E-state index is 11.9. The molecule has 0 spiro atoms. The number of hydrogen-bond acceptors (Lipinski definition) is 4. The molecule has 0 aliphatic rings. The van der Waals surface area contributed by atoms with Crippen LogP contribution in [0.3, 0.4) is 0 Å². The van der Waals surface area contributed by atoms with Crippen molar-refractivity contribution < 1.29 is 13.2 Å². The van der Waals surface area contributed by atoms with Crippen LogP contribution in [0.25, 0.3) is 0 Å². The van der Waals surface area contributed by atoms with Crippen molar-refractivity contribution in [2.24, 2.45) is 0 Å². The van der Waals surface area contributed by atoms with E-state index in [1.165, 1.54) is 0 Å². The van der Waals surface area contributed by atoms with Crippen molar-refractivity contribution in [2.45, 2.75) is 33.2 Å².